The van der Waals surface area contributed by atoms with Crippen molar-refractivity contribution < 1.29 is 4.79 Å². The Morgan fingerprint density at radius 2 is 2.20 bits per heavy atom. The zero-order valence-corrected chi connectivity index (χ0v) is 12.1. The van der Waals surface area contributed by atoms with Crippen LogP contribution in [0.3, 0.4) is 0 Å². The first kappa shape index (κ1) is 13.2. The van der Waals surface area contributed by atoms with Gasteiger partial charge in [-0.3, -0.25) is 4.79 Å². The van der Waals surface area contributed by atoms with Crippen LogP contribution in [-0.4, -0.2) is 17.4 Å². The maximum atomic E-state index is 12.5. The minimum Gasteiger partial charge on any atom is -0.398 e. The van der Waals surface area contributed by atoms with E-state index < -0.39 is 0 Å². The molecular formula is C16H18N2OS. The number of rotatable bonds is 3. The van der Waals surface area contributed by atoms with Crippen molar-refractivity contribution >= 4 is 22.9 Å². The van der Waals surface area contributed by atoms with Crippen molar-refractivity contribution in [1.29, 1.82) is 0 Å². The molecule has 104 valence electrons. The van der Waals surface area contributed by atoms with Crippen LogP contribution in [0.4, 0.5) is 5.69 Å². The molecule has 1 aliphatic heterocycles. The minimum absolute atomic E-state index is 0.177. The number of hydrogen-bond acceptors (Lipinski definition) is 3. The van der Waals surface area contributed by atoms with Gasteiger partial charge in [0.1, 0.15) is 0 Å². The van der Waals surface area contributed by atoms with Crippen LogP contribution in [0.15, 0.2) is 41.1 Å². The number of thiophene rings is 1. The van der Waals surface area contributed by atoms with Crippen LogP contribution in [0.25, 0.3) is 0 Å². The predicted octanol–water partition coefficient (Wildman–Crippen LogP) is 3.24. The molecular weight excluding hydrogens is 268 g/mol. The van der Waals surface area contributed by atoms with E-state index in [1.54, 1.807) is 11.3 Å². The molecule has 0 spiro atoms. The minimum atomic E-state index is 0.177. The summed E-state index contributed by atoms with van der Waals surface area (Å²) in [5, 5.41) is 4.22. The lowest BCUT2D eigenvalue weighted by Gasteiger charge is -2.24. The van der Waals surface area contributed by atoms with Crippen molar-refractivity contribution in [2.75, 3.05) is 12.3 Å². The average Bonchev–Trinajstić information content (AvgIpc) is 3.11. The Hall–Kier alpha value is -1.81. The summed E-state index contributed by atoms with van der Waals surface area (Å²) < 4.78 is 0. The molecule has 3 nitrogen and oxygen atoms in total. The van der Waals surface area contributed by atoms with Gasteiger partial charge in [0, 0.05) is 12.2 Å². The van der Waals surface area contributed by atoms with Gasteiger partial charge in [0.25, 0.3) is 0 Å². The fourth-order valence-corrected chi connectivity index (χ4v) is 3.54. The van der Waals surface area contributed by atoms with Crippen LogP contribution in [0.1, 0.15) is 30.0 Å². The predicted molar refractivity (Wildman–Crippen MR) is 82.6 cm³/mol. The number of carbonyl (C=O) groups is 1. The molecule has 0 saturated carbocycles. The molecule has 1 saturated heterocycles. The number of para-hydroxylation sites is 1. The Kier molecular flexibility index (Phi) is 3.74. The van der Waals surface area contributed by atoms with E-state index in [9.17, 15) is 4.79 Å². The van der Waals surface area contributed by atoms with Gasteiger partial charge in [0.05, 0.1) is 12.5 Å². The number of amides is 1. The smallest absolute Gasteiger partial charge is 0.227 e. The van der Waals surface area contributed by atoms with Crippen molar-refractivity contribution in [3.8, 4) is 0 Å². The fraction of sp³-hybridized carbons (Fsp3) is 0.312. The summed E-state index contributed by atoms with van der Waals surface area (Å²) in [6.07, 6.45) is 2.54. The first-order chi connectivity index (χ1) is 9.75. The number of nitrogen functional groups attached to an aromatic ring is 1. The third-order valence-electron chi connectivity index (χ3n) is 3.90. The van der Waals surface area contributed by atoms with Crippen LogP contribution in [0, 0.1) is 0 Å². The molecule has 4 heteroatoms. The molecule has 1 atom stereocenters. The van der Waals surface area contributed by atoms with E-state index in [-0.39, 0.29) is 11.9 Å². The fourth-order valence-electron chi connectivity index (χ4n) is 2.84. The number of nitrogens with zero attached hydrogens (tertiary/aromatic N) is 1. The van der Waals surface area contributed by atoms with Gasteiger partial charge in [-0.15, -0.1) is 0 Å². The summed E-state index contributed by atoms with van der Waals surface area (Å²) in [5.74, 6) is 0.177. The Morgan fingerprint density at radius 1 is 1.35 bits per heavy atom. The van der Waals surface area contributed by atoms with E-state index in [1.807, 2.05) is 29.2 Å². The van der Waals surface area contributed by atoms with Crippen molar-refractivity contribution in [2.45, 2.75) is 25.3 Å². The summed E-state index contributed by atoms with van der Waals surface area (Å²) in [6, 6.07) is 9.98. The number of hydrogen-bond donors (Lipinski definition) is 1. The molecule has 0 bridgehead atoms. The molecule has 2 heterocycles. The molecule has 1 unspecified atom stereocenters. The highest BCUT2D eigenvalue weighted by atomic mass is 32.1. The van der Waals surface area contributed by atoms with E-state index in [2.05, 4.69) is 16.8 Å². The lowest BCUT2D eigenvalue weighted by Crippen LogP contribution is -2.31. The van der Waals surface area contributed by atoms with E-state index in [4.69, 9.17) is 5.73 Å². The SMILES string of the molecule is Nc1ccccc1CC(=O)N1CCCC1c1ccsc1. The average molecular weight is 286 g/mol. The Bertz CT molecular complexity index is 594. The van der Waals surface area contributed by atoms with Crippen LogP contribution in [0.5, 0.6) is 0 Å². The van der Waals surface area contributed by atoms with Gasteiger partial charge in [-0.1, -0.05) is 18.2 Å². The maximum Gasteiger partial charge on any atom is 0.227 e. The zero-order chi connectivity index (χ0) is 13.9. The Morgan fingerprint density at radius 3 is 2.95 bits per heavy atom. The normalized spacial score (nSPS) is 18.4. The highest BCUT2D eigenvalue weighted by molar-refractivity contribution is 7.07. The van der Waals surface area contributed by atoms with E-state index >= 15 is 0 Å². The Labute approximate surface area is 123 Å². The van der Waals surface area contributed by atoms with Crippen molar-refractivity contribution in [3.63, 3.8) is 0 Å². The van der Waals surface area contributed by atoms with Gasteiger partial charge in [-0.2, -0.15) is 11.3 Å². The van der Waals surface area contributed by atoms with Crippen molar-refractivity contribution in [1.82, 2.24) is 4.90 Å². The second-order valence-corrected chi connectivity index (χ2v) is 5.96. The second-order valence-electron chi connectivity index (χ2n) is 5.18. The van der Waals surface area contributed by atoms with Gasteiger partial charge in [0.15, 0.2) is 0 Å². The van der Waals surface area contributed by atoms with Gasteiger partial charge in [0.2, 0.25) is 5.91 Å². The molecule has 0 aliphatic carbocycles. The van der Waals surface area contributed by atoms with E-state index in [0.717, 1.165) is 24.9 Å². The van der Waals surface area contributed by atoms with Crippen molar-refractivity contribution in [2.24, 2.45) is 0 Å². The first-order valence-electron chi connectivity index (χ1n) is 6.90. The molecule has 1 aromatic carbocycles. The molecule has 0 radical (unpaired) electrons. The molecule has 1 aromatic heterocycles. The molecule has 1 aliphatic rings. The number of likely N-dealkylation sites (tertiary alicyclic amines) is 1. The molecule has 1 amide bonds. The summed E-state index contributed by atoms with van der Waals surface area (Å²) >= 11 is 1.69. The van der Waals surface area contributed by atoms with E-state index in [0.29, 0.717) is 12.1 Å². The zero-order valence-electron chi connectivity index (χ0n) is 11.3. The van der Waals surface area contributed by atoms with E-state index in [1.165, 1.54) is 5.56 Å². The van der Waals surface area contributed by atoms with Gasteiger partial charge < -0.3 is 10.6 Å². The lowest BCUT2D eigenvalue weighted by molar-refractivity contribution is -0.131. The molecule has 2 aromatic rings. The van der Waals surface area contributed by atoms with Crippen LogP contribution in [0.2, 0.25) is 0 Å². The van der Waals surface area contributed by atoms with Crippen LogP contribution < -0.4 is 5.73 Å². The summed E-state index contributed by atoms with van der Waals surface area (Å²) in [4.78, 5) is 14.6. The highest BCUT2D eigenvalue weighted by Gasteiger charge is 2.30. The Balaban J connectivity index is 1.75. The third kappa shape index (κ3) is 2.56. The molecule has 1 fully saturated rings. The van der Waals surface area contributed by atoms with Crippen LogP contribution in [-0.2, 0) is 11.2 Å². The quantitative estimate of drug-likeness (QED) is 0.880. The topological polar surface area (TPSA) is 46.3 Å². The molecule has 3 rings (SSSR count). The van der Waals surface area contributed by atoms with Crippen molar-refractivity contribution in [3.05, 3.63) is 52.2 Å². The molecule has 2 N–H and O–H groups in total. The van der Waals surface area contributed by atoms with Crippen LogP contribution >= 0.6 is 11.3 Å². The second kappa shape index (κ2) is 5.67. The first-order valence-corrected chi connectivity index (χ1v) is 7.85. The summed E-state index contributed by atoms with van der Waals surface area (Å²) in [5.41, 5.74) is 8.82. The number of carbonyl (C=O) groups excluding carboxylic acids is 1. The number of benzene rings is 1. The molecule has 20 heavy (non-hydrogen) atoms. The standard InChI is InChI=1S/C16H18N2OS/c17-14-5-2-1-4-12(14)10-16(19)18-8-3-6-15(18)13-7-9-20-11-13/h1-2,4-5,7,9,11,15H,3,6,8,10,17H2. The lowest BCUT2D eigenvalue weighted by atomic mass is 10.1. The summed E-state index contributed by atoms with van der Waals surface area (Å²) in [6.45, 7) is 0.853. The number of anilines is 1. The van der Waals surface area contributed by atoms with Gasteiger partial charge >= 0.3 is 0 Å². The van der Waals surface area contributed by atoms with Gasteiger partial charge in [-0.05, 0) is 46.9 Å². The maximum absolute atomic E-state index is 12.5. The third-order valence-corrected chi connectivity index (χ3v) is 4.60. The van der Waals surface area contributed by atoms with Gasteiger partial charge in [-0.25, -0.2) is 0 Å². The highest BCUT2D eigenvalue weighted by Crippen LogP contribution is 2.33. The largest absolute Gasteiger partial charge is 0.398 e. The monoisotopic (exact) mass is 286 g/mol. The number of nitrogens with two attached hydrogens (primary N) is 1. The summed E-state index contributed by atoms with van der Waals surface area (Å²) in [7, 11) is 0.